The van der Waals surface area contributed by atoms with E-state index in [1.54, 1.807) is 55.6 Å². The molecule has 5 nitrogen and oxygen atoms in total. The summed E-state index contributed by atoms with van der Waals surface area (Å²) in [7, 11) is 1.60. The predicted molar refractivity (Wildman–Crippen MR) is 89.6 cm³/mol. The van der Waals surface area contributed by atoms with Gasteiger partial charge in [0.15, 0.2) is 0 Å². The molecule has 1 amide bonds. The molecule has 0 aliphatic carbocycles. The molecule has 0 atom stereocenters. The molecular weight excluding hydrogens is 312 g/mol. The number of carbonyl (C=O) groups is 1. The number of methoxy groups -OCH3 is 1. The van der Waals surface area contributed by atoms with Gasteiger partial charge in [0.2, 0.25) is 5.91 Å². The standard InChI is InChI=1S/C17H16N2O3S/c1-21-14-4-6-15(7-5-14)22-11-10-17(20)19-13-2-8-16(9-3-13)23-12-18/h2-9H,10-11H2,1H3,(H,19,20). The van der Waals surface area contributed by atoms with Crippen LogP contribution in [0, 0.1) is 10.7 Å². The molecule has 2 rings (SSSR count). The number of benzene rings is 2. The molecule has 1 N–H and O–H groups in total. The van der Waals surface area contributed by atoms with Gasteiger partial charge in [-0.25, -0.2) is 0 Å². The normalized spacial score (nSPS) is 9.74. The van der Waals surface area contributed by atoms with Crippen molar-refractivity contribution in [2.45, 2.75) is 11.3 Å². The molecule has 0 aliphatic heterocycles. The predicted octanol–water partition coefficient (Wildman–Crippen LogP) is 3.68. The van der Waals surface area contributed by atoms with Crippen LogP contribution in [0.15, 0.2) is 53.4 Å². The first-order valence-electron chi connectivity index (χ1n) is 6.94. The second-order valence-corrected chi connectivity index (χ2v) is 5.40. The fraction of sp³-hybridized carbons (Fsp3) is 0.176. The van der Waals surface area contributed by atoms with Crippen molar-refractivity contribution >= 4 is 23.4 Å². The lowest BCUT2D eigenvalue weighted by Gasteiger charge is -2.08. The van der Waals surface area contributed by atoms with Gasteiger partial charge in [0.25, 0.3) is 0 Å². The van der Waals surface area contributed by atoms with Crippen LogP contribution in [0.2, 0.25) is 0 Å². The highest BCUT2D eigenvalue weighted by Gasteiger charge is 2.04. The summed E-state index contributed by atoms with van der Waals surface area (Å²) in [5.74, 6) is 1.32. The summed E-state index contributed by atoms with van der Waals surface area (Å²) in [6.45, 7) is 0.292. The monoisotopic (exact) mass is 328 g/mol. The Hall–Kier alpha value is -2.65. The van der Waals surface area contributed by atoms with Crippen molar-refractivity contribution in [2.24, 2.45) is 0 Å². The Bertz CT molecular complexity index is 678. The molecule has 0 radical (unpaired) electrons. The number of nitrogens with one attached hydrogen (secondary N) is 1. The molecule has 118 valence electrons. The molecule has 0 spiro atoms. The quantitative estimate of drug-likeness (QED) is 0.620. The highest BCUT2D eigenvalue weighted by atomic mass is 32.2. The van der Waals surface area contributed by atoms with Crippen molar-refractivity contribution in [3.05, 3.63) is 48.5 Å². The number of nitriles is 1. The molecule has 0 saturated heterocycles. The average Bonchev–Trinajstić information content (AvgIpc) is 2.57. The average molecular weight is 328 g/mol. The van der Waals surface area contributed by atoms with Crippen molar-refractivity contribution in [2.75, 3.05) is 19.0 Å². The smallest absolute Gasteiger partial charge is 0.227 e. The van der Waals surface area contributed by atoms with Crippen LogP contribution in [0.4, 0.5) is 5.69 Å². The van der Waals surface area contributed by atoms with E-state index in [0.29, 0.717) is 18.0 Å². The fourth-order valence-corrected chi connectivity index (χ4v) is 2.19. The van der Waals surface area contributed by atoms with Gasteiger partial charge in [0.1, 0.15) is 16.9 Å². The molecule has 0 aromatic heterocycles. The number of thioether (sulfide) groups is 1. The van der Waals surface area contributed by atoms with Crippen LogP contribution < -0.4 is 14.8 Å². The first-order chi connectivity index (χ1) is 11.2. The van der Waals surface area contributed by atoms with E-state index in [2.05, 4.69) is 5.32 Å². The Morgan fingerprint density at radius 3 is 2.39 bits per heavy atom. The van der Waals surface area contributed by atoms with Crippen LogP contribution in [0.5, 0.6) is 11.5 Å². The molecule has 6 heteroatoms. The van der Waals surface area contributed by atoms with Crippen LogP contribution in [0.25, 0.3) is 0 Å². The van der Waals surface area contributed by atoms with E-state index in [0.717, 1.165) is 22.4 Å². The van der Waals surface area contributed by atoms with Crippen LogP contribution in [-0.2, 0) is 4.79 Å². The van der Waals surface area contributed by atoms with E-state index >= 15 is 0 Å². The Kier molecular flexibility index (Phi) is 6.33. The number of anilines is 1. The third-order valence-corrected chi connectivity index (χ3v) is 3.56. The lowest BCUT2D eigenvalue weighted by atomic mass is 10.3. The first-order valence-corrected chi connectivity index (χ1v) is 7.75. The topological polar surface area (TPSA) is 71.3 Å². The van der Waals surface area contributed by atoms with Crippen molar-refractivity contribution in [1.82, 2.24) is 0 Å². The molecule has 2 aromatic carbocycles. The summed E-state index contributed by atoms with van der Waals surface area (Å²) < 4.78 is 10.6. The second-order valence-electron chi connectivity index (χ2n) is 4.54. The molecule has 2 aromatic rings. The van der Waals surface area contributed by atoms with Gasteiger partial charge in [-0.05, 0) is 60.3 Å². The summed E-state index contributed by atoms with van der Waals surface area (Å²) in [4.78, 5) is 12.7. The van der Waals surface area contributed by atoms with E-state index in [1.165, 1.54) is 0 Å². The first kappa shape index (κ1) is 16.7. The zero-order chi connectivity index (χ0) is 16.5. The second kappa shape index (κ2) is 8.71. The third-order valence-electron chi connectivity index (χ3n) is 2.96. The summed E-state index contributed by atoms with van der Waals surface area (Å²) in [5, 5.41) is 13.4. The van der Waals surface area contributed by atoms with Crippen LogP contribution >= 0.6 is 11.8 Å². The lowest BCUT2D eigenvalue weighted by Crippen LogP contribution is -2.15. The minimum Gasteiger partial charge on any atom is -0.497 e. The van der Waals surface area contributed by atoms with Gasteiger partial charge in [-0.3, -0.25) is 4.79 Å². The number of carbonyl (C=O) groups excluding carboxylic acids is 1. The zero-order valence-corrected chi connectivity index (χ0v) is 13.4. The minimum atomic E-state index is -0.126. The zero-order valence-electron chi connectivity index (χ0n) is 12.6. The van der Waals surface area contributed by atoms with Crippen molar-refractivity contribution in [3.63, 3.8) is 0 Å². The van der Waals surface area contributed by atoms with Gasteiger partial charge < -0.3 is 14.8 Å². The molecule has 0 heterocycles. The number of rotatable bonds is 7. The summed E-state index contributed by atoms with van der Waals surface area (Å²) in [6, 6.07) is 14.3. The molecule has 23 heavy (non-hydrogen) atoms. The number of amides is 1. The van der Waals surface area contributed by atoms with Crippen molar-refractivity contribution < 1.29 is 14.3 Å². The molecule has 0 aliphatic rings. The molecule has 0 bridgehead atoms. The summed E-state index contributed by atoms with van der Waals surface area (Å²) >= 11 is 1.08. The number of hydrogen-bond donors (Lipinski definition) is 1. The van der Waals surface area contributed by atoms with Crippen molar-refractivity contribution in [3.8, 4) is 16.9 Å². The Labute approximate surface area is 139 Å². The van der Waals surface area contributed by atoms with Gasteiger partial charge in [0.05, 0.1) is 20.1 Å². The maximum atomic E-state index is 11.8. The largest absolute Gasteiger partial charge is 0.497 e. The molecular formula is C17H16N2O3S. The maximum absolute atomic E-state index is 11.8. The number of ether oxygens (including phenoxy) is 2. The van der Waals surface area contributed by atoms with Crippen LogP contribution in [0.3, 0.4) is 0 Å². The van der Waals surface area contributed by atoms with Gasteiger partial charge in [0, 0.05) is 10.6 Å². The lowest BCUT2D eigenvalue weighted by molar-refractivity contribution is -0.116. The number of nitrogens with zero attached hydrogens (tertiary/aromatic N) is 1. The van der Waals surface area contributed by atoms with E-state index in [-0.39, 0.29) is 12.3 Å². The van der Waals surface area contributed by atoms with E-state index < -0.39 is 0 Å². The number of thiocyanates is 1. The summed E-state index contributed by atoms with van der Waals surface area (Å²) in [5.41, 5.74) is 0.696. The highest BCUT2D eigenvalue weighted by Crippen LogP contribution is 2.19. The fourth-order valence-electron chi connectivity index (χ4n) is 1.82. The highest BCUT2D eigenvalue weighted by molar-refractivity contribution is 8.03. The Morgan fingerprint density at radius 1 is 1.13 bits per heavy atom. The van der Waals surface area contributed by atoms with Crippen LogP contribution in [-0.4, -0.2) is 19.6 Å². The Morgan fingerprint density at radius 2 is 1.78 bits per heavy atom. The van der Waals surface area contributed by atoms with E-state index in [9.17, 15) is 4.79 Å². The van der Waals surface area contributed by atoms with Gasteiger partial charge in [-0.1, -0.05) is 0 Å². The van der Waals surface area contributed by atoms with Crippen LogP contribution in [0.1, 0.15) is 6.42 Å². The number of hydrogen-bond acceptors (Lipinski definition) is 5. The SMILES string of the molecule is COc1ccc(OCCC(=O)Nc2ccc(SC#N)cc2)cc1. The maximum Gasteiger partial charge on any atom is 0.227 e. The molecule has 0 unspecified atom stereocenters. The van der Waals surface area contributed by atoms with Gasteiger partial charge in [-0.2, -0.15) is 5.26 Å². The third kappa shape index (κ3) is 5.57. The van der Waals surface area contributed by atoms with E-state index in [1.807, 2.05) is 5.40 Å². The van der Waals surface area contributed by atoms with E-state index in [4.69, 9.17) is 14.7 Å². The van der Waals surface area contributed by atoms with Gasteiger partial charge >= 0.3 is 0 Å². The van der Waals surface area contributed by atoms with Gasteiger partial charge in [-0.15, -0.1) is 0 Å². The minimum absolute atomic E-state index is 0.126. The van der Waals surface area contributed by atoms with Crippen molar-refractivity contribution in [1.29, 1.82) is 5.26 Å². The molecule has 0 fully saturated rings. The summed E-state index contributed by atoms with van der Waals surface area (Å²) in [6.07, 6.45) is 0.251. The Balaban J connectivity index is 1.75. The molecule has 0 saturated carbocycles.